The molecule has 0 saturated carbocycles. The summed E-state index contributed by atoms with van der Waals surface area (Å²) in [6.45, 7) is 4.51. The Morgan fingerprint density at radius 2 is 1.82 bits per heavy atom. The van der Waals surface area contributed by atoms with E-state index in [1.54, 1.807) is 38.3 Å². The second kappa shape index (κ2) is 10.2. The summed E-state index contributed by atoms with van der Waals surface area (Å²) in [4.78, 5) is 12.2. The molecule has 0 fully saturated rings. The SMILES string of the molecule is CCOc1ccc(/C=C/C(=O)Oc2c(Cl)cc(C#N)cc2OCC)cc1OC. The van der Waals surface area contributed by atoms with E-state index in [9.17, 15) is 4.79 Å². The molecule has 0 N–H and O–H groups in total. The molecule has 0 radical (unpaired) electrons. The van der Waals surface area contributed by atoms with E-state index in [1.807, 2.05) is 13.0 Å². The molecular weight excluding hydrogens is 382 g/mol. The van der Waals surface area contributed by atoms with E-state index in [1.165, 1.54) is 18.2 Å². The van der Waals surface area contributed by atoms with Crippen LogP contribution < -0.4 is 18.9 Å². The first-order valence-corrected chi connectivity index (χ1v) is 8.97. The number of nitrogens with zero attached hydrogens (tertiary/aromatic N) is 1. The summed E-state index contributed by atoms with van der Waals surface area (Å²) in [5, 5.41) is 9.15. The molecule has 0 unspecified atom stereocenters. The van der Waals surface area contributed by atoms with Crippen molar-refractivity contribution < 1.29 is 23.7 Å². The first-order chi connectivity index (χ1) is 13.5. The van der Waals surface area contributed by atoms with Crippen molar-refractivity contribution in [1.82, 2.24) is 0 Å². The van der Waals surface area contributed by atoms with Gasteiger partial charge in [0.1, 0.15) is 0 Å². The summed E-state index contributed by atoms with van der Waals surface area (Å²) < 4.78 is 21.5. The summed E-state index contributed by atoms with van der Waals surface area (Å²) >= 11 is 6.13. The van der Waals surface area contributed by atoms with Gasteiger partial charge in [0.2, 0.25) is 0 Å². The predicted molar refractivity (Wildman–Crippen MR) is 106 cm³/mol. The fourth-order valence-electron chi connectivity index (χ4n) is 2.36. The molecule has 6 nitrogen and oxygen atoms in total. The monoisotopic (exact) mass is 401 g/mol. The van der Waals surface area contributed by atoms with Crippen molar-refractivity contribution in [2.24, 2.45) is 0 Å². The maximum atomic E-state index is 12.2. The Bertz CT molecular complexity index is 918. The second-order valence-electron chi connectivity index (χ2n) is 5.43. The van der Waals surface area contributed by atoms with Crippen LogP contribution in [-0.2, 0) is 4.79 Å². The van der Waals surface area contributed by atoms with Gasteiger partial charge in [-0.25, -0.2) is 4.79 Å². The highest BCUT2D eigenvalue weighted by molar-refractivity contribution is 6.32. The lowest BCUT2D eigenvalue weighted by molar-refractivity contribution is -0.129. The molecule has 28 heavy (non-hydrogen) atoms. The Morgan fingerprint density at radius 3 is 2.46 bits per heavy atom. The molecule has 0 aliphatic rings. The van der Waals surface area contributed by atoms with Crippen LogP contribution >= 0.6 is 11.6 Å². The average molecular weight is 402 g/mol. The van der Waals surface area contributed by atoms with Gasteiger partial charge in [-0.1, -0.05) is 17.7 Å². The fraction of sp³-hybridized carbons (Fsp3) is 0.238. The summed E-state index contributed by atoms with van der Waals surface area (Å²) in [5.41, 5.74) is 1.04. The minimum absolute atomic E-state index is 0.0708. The Hall–Kier alpha value is -3.17. The Morgan fingerprint density at radius 1 is 1.11 bits per heavy atom. The van der Waals surface area contributed by atoms with Gasteiger partial charge in [0.05, 0.1) is 37.0 Å². The van der Waals surface area contributed by atoms with Crippen molar-refractivity contribution >= 4 is 23.6 Å². The van der Waals surface area contributed by atoms with E-state index in [0.29, 0.717) is 30.3 Å². The molecule has 0 saturated heterocycles. The second-order valence-corrected chi connectivity index (χ2v) is 5.84. The molecule has 0 bridgehead atoms. The highest BCUT2D eigenvalue weighted by atomic mass is 35.5. The van der Waals surface area contributed by atoms with Gasteiger partial charge in [0.15, 0.2) is 23.0 Å². The third kappa shape index (κ3) is 5.41. The maximum Gasteiger partial charge on any atom is 0.336 e. The molecular formula is C21H20ClNO5. The quantitative estimate of drug-likeness (QED) is 0.364. The van der Waals surface area contributed by atoms with Crippen LogP contribution in [-0.4, -0.2) is 26.3 Å². The molecule has 7 heteroatoms. The van der Waals surface area contributed by atoms with E-state index in [2.05, 4.69) is 0 Å². The van der Waals surface area contributed by atoms with Crippen molar-refractivity contribution in [2.75, 3.05) is 20.3 Å². The van der Waals surface area contributed by atoms with Crippen LogP contribution in [0, 0.1) is 11.3 Å². The standard InChI is InChI=1S/C21H20ClNO5/c1-4-26-17-8-6-14(11-18(17)25-3)7-9-20(24)28-21-16(22)10-15(13-23)12-19(21)27-5-2/h6-12H,4-5H2,1-3H3/b9-7+. The van der Waals surface area contributed by atoms with Gasteiger partial charge in [-0.2, -0.15) is 5.26 Å². The molecule has 2 aromatic rings. The van der Waals surface area contributed by atoms with E-state index in [4.69, 9.17) is 35.8 Å². The van der Waals surface area contributed by atoms with Crippen molar-refractivity contribution in [1.29, 1.82) is 5.26 Å². The summed E-state index contributed by atoms with van der Waals surface area (Å²) in [6, 6.07) is 10.2. The Kier molecular flexibility index (Phi) is 7.73. The van der Waals surface area contributed by atoms with Crippen LogP contribution in [0.4, 0.5) is 0 Å². The van der Waals surface area contributed by atoms with Crippen LogP contribution in [0.25, 0.3) is 6.08 Å². The molecule has 0 atom stereocenters. The smallest absolute Gasteiger partial charge is 0.336 e. The van der Waals surface area contributed by atoms with Crippen molar-refractivity contribution in [3.8, 4) is 29.1 Å². The molecule has 0 aliphatic heterocycles. The van der Waals surface area contributed by atoms with Crippen molar-refractivity contribution in [2.45, 2.75) is 13.8 Å². The number of nitriles is 1. The molecule has 0 amide bonds. The molecule has 2 aromatic carbocycles. The minimum atomic E-state index is -0.639. The summed E-state index contributed by atoms with van der Waals surface area (Å²) in [7, 11) is 1.54. The van der Waals surface area contributed by atoms with Crippen LogP contribution in [0.1, 0.15) is 25.0 Å². The largest absolute Gasteiger partial charge is 0.493 e. The molecule has 0 spiro atoms. The lowest BCUT2D eigenvalue weighted by Crippen LogP contribution is -2.06. The normalized spacial score (nSPS) is 10.4. The molecule has 2 rings (SSSR count). The topological polar surface area (TPSA) is 77.8 Å². The van der Waals surface area contributed by atoms with Crippen LogP contribution in [0.5, 0.6) is 23.0 Å². The number of carbonyl (C=O) groups is 1. The first kappa shape index (κ1) is 21.1. The number of benzene rings is 2. The number of halogens is 1. The molecule has 0 aromatic heterocycles. The number of rotatable bonds is 8. The van der Waals surface area contributed by atoms with Gasteiger partial charge in [-0.15, -0.1) is 0 Å². The first-order valence-electron chi connectivity index (χ1n) is 8.59. The van der Waals surface area contributed by atoms with E-state index in [0.717, 1.165) is 5.56 Å². The Labute approximate surface area is 168 Å². The van der Waals surface area contributed by atoms with Gasteiger partial charge in [0.25, 0.3) is 0 Å². The highest BCUT2D eigenvalue weighted by Gasteiger charge is 2.15. The van der Waals surface area contributed by atoms with Gasteiger partial charge in [-0.3, -0.25) is 0 Å². The van der Waals surface area contributed by atoms with E-state index >= 15 is 0 Å². The van der Waals surface area contributed by atoms with Crippen LogP contribution in [0.15, 0.2) is 36.4 Å². The number of methoxy groups -OCH3 is 1. The number of ether oxygens (including phenoxy) is 4. The number of carbonyl (C=O) groups excluding carboxylic acids is 1. The average Bonchev–Trinajstić information content (AvgIpc) is 2.69. The summed E-state index contributed by atoms with van der Waals surface area (Å²) in [5.74, 6) is 0.847. The van der Waals surface area contributed by atoms with E-state index < -0.39 is 5.97 Å². The van der Waals surface area contributed by atoms with Crippen molar-refractivity contribution in [3.63, 3.8) is 0 Å². The highest BCUT2D eigenvalue weighted by Crippen LogP contribution is 2.36. The number of hydrogen-bond donors (Lipinski definition) is 0. The lowest BCUT2D eigenvalue weighted by Gasteiger charge is -2.11. The summed E-state index contributed by atoms with van der Waals surface area (Å²) in [6.07, 6.45) is 2.85. The molecule has 0 aliphatic carbocycles. The Balaban J connectivity index is 2.19. The third-order valence-electron chi connectivity index (χ3n) is 3.54. The number of esters is 1. The van der Waals surface area contributed by atoms with Crippen LogP contribution in [0.3, 0.4) is 0 Å². The van der Waals surface area contributed by atoms with Gasteiger partial charge < -0.3 is 18.9 Å². The van der Waals surface area contributed by atoms with Crippen molar-refractivity contribution in [3.05, 3.63) is 52.6 Å². The minimum Gasteiger partial charge on any atom is -0.493 e. The lowest BCUT2D eigenvalue weighted by atomic mass is 10.2. The van der Waals surface area contributed by atoms with Gasteiger partial charge in [0, 0.05) is 12.1 Å². The zero-order valence-electron chi connectivity index (χ0n) is 15.8. The van der Waals surface area contributed by atoms with E-state index in [-0.39, 0.29) is 16.5 Å². The third-order valence-corrected chi connectivity index (χ3v) is 3.82. The van der Waals surface area contributed by atoms with Gasteiger partial charge >= 0.3 is 5.97 Å². The zero-order chi connectivity index (χ0) is 20.5. The van der Waals surface area contributed by atoms with Gasteiger partial charge in [-0.05, 0) is 43.7 Å². The zero-order valence-corrected chi connectivity index (χ0v) is 16.6. The fourth-order valence-corrected chi connectivity index (χ4v) is 2.61. The predicted octanol–water partition coefficient (Wildman–Crippen LogP) is 4.64. The number of hydrogen-bond acceptors (Lipinski definition) is 6. The maximum absolute atomic E-state index is 12.2. The van der Waals surface area contributed by atoms with Crippen LogP contribution in [0.2, 0.25) is 5.02 Å². The molecule has 146 valence electrons. The molecule has 0 heterocycles.